The lowest BCUT2D eigenvalue weighted by Gasteiger charge is -2.43. The minimum absolute atomic E-state index is 0.00943. The summed E-state index contributed by atoms with van der Waals surface area (Å²) in [4.78, 5) is 29.1. The van der Waals surface area contributed by atoms with Crippen LogP contribution in [0.1, 0.15) is 41.1 Å². The number of amides is 2. The van der Waals surface area contributed by atoms with Crippen LogP contribution in [0.4, 0.5) is 0 Å². The highest BCUT2D eigenvalue weighted by atomic mass is 16.3. The molecule has 4 rings (SSSR count). The van der Waals surface area contributed by atoms with Crippen molar-refractivity contribution in [3.05, 3.63) is 60.1 Å². The average Bonchev–Trinajstić information content (AvgIpc) is 3.27. The van der Waals surface area contributed by atoms with Crippen LogP contribution < -0.4 is 0 Å². The molecule has 0 aliphatic carbocycles. The molecule has 3 heterocycles. The molecule has 0 radical (unpaired) electrons. The number of carbonyl (C=O) groups is 2. The number of hydrogen-bond donors (Lipinski definition) is 0. The number of carbonyl (C=O) groups excluding carboxylic acids is 2. The van der Waals surface area contributed by atoms with Crippen molar-refractivity contribution in [2.45, 2.75) is 30.7 Å². The van der Waals surface area contributed by atoms with Crippen LogP contribution in [0.5, 0.6) is 0 Å². The third kappa shape index (κ3) is 2.64. The Labute approximate surface area is 147 Å². The van der Waals surface area contributed by atoms with E-state index in [1.54, 1.807) is 6.07 Å². The van der Waals surface area contributed by atoms with Crippen molar-refractivity contribution in [3.63, 3.8) is 0 Å². The van der Waals surface area contributed by atoms with Gasteiger partial charge >= 0.3 is 0 Å². The van der Waals surface area contributed by atoms with Gasteiger partial charge in [0.1, 0.15) is 6.26 Å². The van der Waals surface area contributed by atoms with Gasteiger partial charge in [0.15, 0.2) is 0 Å². The normalized spacial score (nSPS) is 22.6. The van der Waals surface area contributed by atoms with Gasteiger partial charge < -0.3 is 14.2 Å². The van der Waals surface area contributed by atoms with E-state index in [9.17, 15) is 9.59 Å². The quantitative estimate of drug-likeness (QED) is 0.846. The van der Waals surface area contributed by atoms with Gasteiger partial charge in [0.25, 0.3) is 5.91 Å². The van der Waals surface area contributed by atoms with Crippen LogP contribution in [-0.4, -0.2) is 47.3 Å². The van der Waals surface area contributed by atoms with Gasteiger partial charge in [0, 0.05) is 25.7 Å². The van der Waals surface area contributed by atoms with Crippen molar-refractivity contribution in [1.29, 1.82) is 0 Å². The summed E-state index contributed by atoms with van der Waals surface area (Å²) in [7, 11) is 1.92. The Morgan fingerprint density at radius 2 is 1.88 bits per heavy atom. The van der Waals surface area contributed by atoms with Crippen LogP contribution in [0.15, 0.2) is 53.3 Å². The molecule has 2 aromatic rings. The summed E-state index contributed by atoms with van der Waals surface area (Å²) in [5.74, 6) is 0.137. The summed E-state index contributed by atoms with van der Waals surface area (Å²) >= 11 is 0. The van der Waals surface area contributed by atoms with Crippen molar-refractivity contribution in [2.75, 3.05) is 20.1 Å². The van der Waals surface area contributed by atoms with Crippen LogP contribution in [-0.2, 0) is 4.79 Å². The Bertz CT molecular complexity index is 762. The van der Waals surface area contributed by atoms with Crippen molar-refractivity contribution in [1.82, 2.24) is 9.80 Å². The van der Waals surface area contributed by atoms with Gasteiger partial charge in [-0.3, -0.25) is 9.59 Å². The van der Waals surface area contributed by atoms with Gasteiger partial charge in [-0.2, -0.15) is 0 Å². The van der Waals surface area contributed by atoms with Gasteiger partial charge in [-0.15, -0.1) is 0 Å². The molecule has 0 N–H and O–H groups in total. The number of nitrogens with zero attached hydrogens (tertiary/aromatic N) is 2. The van der Waals surface area contributed by atoms with E-state index in [1.165, 1.54) is 12.5 Å². The first-order chi connectivity index (χ1) is 12.1. The second-order valence-corrected chi connectivity index (χ2v) is 7.09. The molecule has 1 spiro atoms. The van der Waals surface area contributed by atoms with Crippen molar-refractivity contribution < 1.29 is 14.0 Å². The maximum atomic E-state index is 12.8. The van der Waals surface area contributed by atoms with Crippen LogP contribution in [0.25, 0.3) is 0 Å². The number of likely N-dealkylation sites (tertiary alicyclic amines) is 2. The topological polar surface area (TPSA) is 53.8 Å². The third-order valence-corrected chi connectivity index (χ3v) is 5.88. The molecular weight excluding hydrogens is 316 g/mol. The molecule has 5 heteroatoms. The Hall–Kier alpha value is -2.56. The molecule has 2 amide bonds. The summed E-state index contributed by atoms with van der Waals surface area (Å²) in [6, 6.07) is 11.7. The monoisotopic (exact) mass is 338 g/mol. The Kier molecular flexibility index (Phi) is 3.86. The molecule has 2 aliphatic rings. The molecule has 2 fully saturated rings. The smallest absolute Gasteiger partial charge is 0.257 e. The minimum atomic E-state index is -0.134. The number of benzene rings is 1. The average molecular weight is 338 g/mol. The van der Waals surface area contributed by atoms with E-state index in [0.717, 1.165) is 24.8 Å². The summed E-state index contributed by atoms with van der Waals surface area (Å²) in [6.07, 6.45) is 5.49. The molecule has 1 unspecified atom stereocenters. The summed E-state index contributed by atoms with van der Waals surface area (Å²) < 4.78 is 5.01. The largest absolute Gasteiger partial charge is 0.472 e. The van der Waals surface area contributed by atoms with Crippen LogP contribution in [0.2, 0.25) is 0 Å². The van der Waals surface area contributed by atoms with Crippen molar-refractivity contribution >= 4 is 11.8 Å². The fourth-order valence-electron chi connectivity index (χ4n) is 4.25. The number of piperidine rings is 1. The predicted octanol–water partition coefficient (Wildman–Crippen LogP) is 2.90. The standard InChI is InChI=1S/C20H22N2O3/c1-21-19(24)17(15-5-3-2-4-6-15)13-20(21)8-10-22(11-9-20)18(23)16-7-12-25-14-16/h2-7,12,14,17H,8-11,13H2,1H3. The van der Waals surface area contributed by atoms with E-state index in [4.69, 9.17) is 4.42 Å². The lowest BCUT2D eigenvalue weighted by Crippen LogP contribution is -2.52. The van der Waals surface area contributed by atoms with E-state index in [0.29, 0.717) is 18.7 Å². The second kappa shape index (κ2) is 6.06. The Balaban J connectivity index is 1.49. The van der Waals surface area contributed by atoms with E-state index in [2.05, 4.69) is 0 Å². The fraction of sp³-hybridized carbons (Fsp3) is 0.400. The molecule has 2 saturated heterocycles. The summed E-state index contributed by atoms with van der Waals surface area (Å²) in [5, 5.41) is 0. The highest BCUT2D eigenvalue weighted by Crippen LogP contribution is 2.44. The van der Waals surface area contributed by atoms with Gasteiger partial charge in [0.2, 0.25) is 5.91 Å². The summed E-state index contributed by atoms with van der Waals surface area (Å²) in [5.41, 5.74) is 1.55. The van der Waals surface area contributed by atoms with Crippen molar-refractivity contribution in [3.8, 4) is 0 Å². The zero-order chi connectivity index (χ0) is 17.4. The molecule has 1 atom stereocenters. The molecule has 5 nitrogen and oxygen atoms in total. The lowest BCUT2D eigenvalue weighted by molar-refractivity contribution is -0.131. The van der Waals surface area contributed by atoms with E-state index in [1.807, 2.05) is 47.2 Å². The number of hydrogen-bond acceptors (Lipinski definition) is 3. The first kappa shape index (κ1) is 15.9. The highest BCUT2D eigenvalue weighted by molar-refractivity contribution is 5.94. The highest BCUT2D eigenvalue weighted by Gasteiger charge is 2.50. The van der Waals surface area contributed by atoms with Gasteiger partial charge in [-0.25, -0.2) is 0 Å². The van der Waals surface area contributed by atoms with E-state index >= 15 is 0 Å². The Morgan fingerprint density at radius 3 is 2.52 bits per heavy atom. The number of furan rings is 1. The maximum absolute atomic E-state index is 12.8. The van der Waals surface area contributed by atoms with Crippen LogP contribution in [0, 0.1) is 0 Å². The zero-order valence-electron chi connectivity index (χ0n) is 14.4. The zero-order valence-corrected chi connectivity index (χ0v) is 14.4. The molecule has 0 saturated carbocycles. The van der Waals surface area contributed by atoms with E-state index < -0.39 is 0 Å². The predicted molar refractivity (Wildman–Crippen MR) is 93.1 cm³/mol. The first-order valence-electron chi connectivity index (χ1n) is 8.75. The van der Waals surface area contributed by atoms with Gasteiger partial charge in [-0.1, -0.05) is 30.3 Å². The van der Waals surface area contributed by atoms with Crippen molar-refractivity contribution in [2.24, 2.45) is 0 Å². The minimum Gasteiger partial charge on any atom is -0.472 e. The Morgan fingerprint density at radius 1 is 1.16 bits per heavy atom. The summed E-state index contributed by atoms with van der Waals surface area (Å²) in [6.45, 7) is 1.34. The first-order valence-corrected chi connectivity index (χ1v) is 8.75. The van der Waals surface area contributed by atoms with Crippen LogP contribution >= 0.6 is 0 Å². The molecule has 0 bridgehead atoms. The number of rotatable bonds is 2. The molecule has 25 heavy (non-hydrogen) atoms. The molecule has 1 aromatic carbocycles. The molecule has 1 aromatic heterocycles. The second-order valence-electron chi connectivity index (χ2n) is 7.09. The molecular formula is C20H22N2O3. The van der Waals surface area contributed by atoms with Gasteiger partial charge in [0.05, 0.1) is 17.7 Å². The van der Waals surface area contributed by atoms with E-state index in [-0.39, 0.29) is 23.3 Å². The molecule has 130 valence electrons. The fourth-order valence-corrected chi connectivity index (χ4v) is 4.25. The van der Waals surface area contributed by atoms with Gasteiger partial charge in [-0.05, 0) is 30.9 Å². The lowest BCUT2D eigenvalue weighted by atomic mass is 9.81. The number of likely N-dealkylation sites (N-methyl/N-ethyl adjacent to an activating group) is 1. The molecule has 2 aliphatic heterocycles. The third-order valence-electron chi connectivity index (χ3n) is 5.88. The van der Waals surface area contributed by atoms with Crippen LogP contribution in [0.3, 0.4) is 0 Å². The SMILES string of the molecule is CN1C(=O)C(c2ccccc2)CC12CCN(C(=O)c1ccoc1)CC2. The maximum Gasteiger partial charge on any atom is 0.257 e.